The monoisotopic (exact) mass is 334 g/mol. The van der Waals surface area contributed by atoms with E-state index in [1.54, 1.807) is 23.2 Å². The van der Waals surface area contributed by atoms with E-state index in [1.807, 2.05) is 11.8 Å². The summed E-state index contributed by atoms with van der Waals surface area (Å²) in [5, 5.41) is 15.8. The second-order valence-corrected chi connectivity index (χ2v) is 6.62. The van der Waals surface area contributed by atoms with Crippen molar-refractivity contribution in [3.05, 3.63) is 38.3 Å². The molecule has 7 heteroatoms. The van der Waals surface area contributed by atoms with Crippen LogP contribution in [0.4, 0.5) is 0 Å². The molecule has 0 aliphatic carbocycles. The van der Waals surface area contributed by atoms with E-state index in [4.69, 9.17) is 16.9 Å². The number of hydrogen-bond donors (Lipinski definition) is 0. The predicted molar refractivity (Wildman–Crippen MR) is 85.0 cm³/mol. The van der Waals surface area contributed by atoms with Crippen LogP contribution in [0.3, 0.4) is 0 Å². The molecule has 0 aromatic carbocycles. The summed E-state index contributed by atoms with van der Waals surface area (Å²) >= 11 is 7.67. The minimum absolute atomic E-state index is 0.0673. The Morgan fingerprint density at radius 1 is 1.59 bits per heavy atom. The van der Waals surface area contributed by atoms with Gasteiger partial charge in [0.05, 0.1) is 17.3 Å². The molecule has 3 rings (SSSR count). The minimum atomic E-state index is -0.0895. The first-order valence-electron chi connectivity index (χ1n) is 7.02. The summed E-state index contributed by atoms with van der Waals surface area (Å²) in [5.74, 6) is -0.0895. The maximum absolute atomic E-state index is 12.8. The molecule has 1 atom stereocenters. The third-order valence-electron chi connectivity index (χ3n) is 4.02. The third kappa shape index (κ3) is 2.31. The van der Waals surface area contributed by atoms with Gasteiger partial charge in [-0.2, -0.15) is 10.4 Å². The first kappa shape index (κ1) is 15.1. The summed E-state index contributed by atoms with van der Waals surface area (Å²) in [6, 6.07) is 3.70. The van der Waals surface area contributed by atoms with Gasteiger partial charge in [-0.15, -0.1) is 11.3 Å². The van der Waals surface area contributed by atoms with Gasteiger partial charge in [-0.05, 0) is 31.2 Å². The normalized spacial score (nSPS) is 17.7. The van der Waals surface area contributed by atoms with Gasteiger partial charge in [0, 0.05) is 19.2 Å². The molecule has 3 heterocycles. The van der Waals surface area contributed by atoms with Crippen LogP contribution >= 0.6 is 22.9 Å². The van der Waals surface area contributed by atoms with Crippen molar-refractivity contribution in [2.45, 2.75) is 25.8 Å². The standard InChI is InChI=1S/C15H15ClN4OS/c1-9-12(14(16)19(2)18-9)11-4-3-6-20(11)15(21)13-10(8-17)5-7-22-13/h5,7,11H,3-4,6H2,1-2H3/t11-/m0/s1. The first-order valence-corrected chi connectivity index (χ1v) is 8.28. The van der Waals surface area contributed by atoms with Crippen LogP contribution in [0.2, 0.25) is 5.15 Å². The molecule has 2 aromatic heterocycles. The molecule has 2 aromatic rings. The van der Waals surface area contributed by atoms with Crippen LogP contribution in [0, 0.1) is 18.3 Å². The number of carbonyl (C=O) groups excluding carboxylic acids is 1. The summed E-state index contributed by atoms with van der Waals surface area (Å²) < 4.78 is 1.64. The molecule has 1 aliphatic rings. The molecule has 1 saturated heterocycles. The Bertz CT molecular complexity index is 773. The Kier molecular flexibility index (Phi) is 3.94. The zero-order chi connectivity index (χ0) is 15.9. The van der Waals surface area contributed by atoms with E-state index in [0.29, 0.717) is 22.1 Å². The predicted octanol–water partition coefficient (Wildman–Crippen LogP) is 3.29. The topological polar surface area (TPSA) is 61.9 Å². The summed E-state index contributed by atoms with van der Waals surface area (Å²) in [6.07, 6.45) is 1.79. The van der Waals surface area contributed by atoms with Crippen molar-refractivity contribution < 1.29 is 4.79 Å². The maximum Gasteiger partial charge on any atom is 0.265 e. The zero-order valence-corrected chi connectivity index (χ0v) is 13.9. The second kappa shape index (κ2) is 5.75. The highest BCUT2D eigenvalue weighted by Gasteiger charge is 2.35. The van der Waals surface area contributed by atoms with Crippen molar-refractivity contribution in [1.82, 2.24) is 14.7 Å². The van der Waals surface area contributed by atoms with Gasteiger partial charge in [0.25, 0.3) is 5.91 Å². The van der Waals surface area contributed by atoms with Gasteiger partial charge >= 0.3 is 0 Å². The SMILES string of the molecule is Cc1nn(C)c(Cl)c1[C@@H]1CCCN1C(=O)c1sccc1C#N. The largest absolute Gasteiger partial charge is 0.331 e. The van der Waals surface area contributed by atoms with Crippen molar-refractivity contribution in [2.75, 3.05) is 6.54 Å². The third-order valence-corrected chi connectivity index (χ3v) is 5.37. The van der Waals surface area contributed by atoms with E-state index < -0.39 is 0 Å². The molecule has 114 valence electrons. The van der Waals surface area contributed by atoms with Gasteiger partial charge in [-0.3, -0.25) is 9.48 Å². The number of aryl methyl sites for hydroxylation is 2. The lowest BCUT2D eigenvalue weighted by atomic mass is 10.1. The summed E-state index contributed by atoms with van der Waals surface area (Å²) in [4.78, 5) is 15.1. The van der Waals surface area contributed by atoms with Crippen molar-refractivity contribution >= 4 is 28.8 Å². The van der Waals surface area contributed by atoms with Crippen LogP contribution in [-0.4, -0.2) is 27.1 Å². The molecule has 5 nitrogen and oxygen atoms in total. The summed E-state index contributed by atoms with van der Waals surface area (Å²) in [5.41, 5.74) is 2.21. The van der Waals surface area contributed by atoms with Crippen molar-refractivity contribution in [3.8, 4) is 6.07 Å². The van der Waals surface area contributed by atoms with E-state index in [1.165, 1.54) is 11.3 Å². The highest BCUT2D eigenvalue weighted by Crippen LogP contribution is 2.38. The lowest BCUT2D eigenvalue weighted by Crippen LogP contribution is -2.30. The lowest BCUT2D eigenvalue weighted by molar-refractivity contribution is 0.0740. The van der Waals surface area contributed by atoms with Crippen LogP contribution < -0.4 is 0 Å². The molecule has 0 N–H and O–H groups in total. The Morgan fingerprint density at radius 2 is 2.36 bits per heavy atom. The highest BCUT2D eigenvalue weighted by molar-refractivity contribution is 7.12. The number of carbonyl (C=O) groups is 1. The van der Waals surface area contributed by atoms with Crippen molar-refractivity contribution in [2.24, 2.45) is 7.05 Å². The fourth-order valence-corrected chi connectivity index (χ4v) is 4.13. The molecular weight excluding hydrogens is 320 g/mol. The van der Waals surface area contributed by atoms with E-state index in [2.05, 4.69) is 11.2 Å². The number of aromatic nitrogens is 2. The molecule has 0 radical (unpaired) electrons. The van der Waals surface area contributed by atoms with Crippen LogP contribution in [0.15, 0.2) is 11.4 Å². The van der Waals surface area contributed by atoms with Crippen molar-refractivity contribution in [1.29, 1.82) is 5.26 Å². The van der Waals surface area contributed by atoms with Crippen LogP contribution in [0.25, 0.3) is 0 Å². The number of thiophene rings is 1. The highest BCUT2D eigenvalue weighted by atomic mass is 35.5. The van der Waals surface area contributed by atoms with Gasteiger partial charge in [0.1, 0.15) is 16.1 Å². The van der Waals surface area contributed by atoms with Gasteiger partial charge in [-0.25, -0.2) is 0 Å². The maximum atomic E-state index is 12.8. The van der Waals surface area contributed by atoms with E-state index in [9.17, 15) is 4.79 Å². The van der Waals surface area contributed by atoms with Crippen LogP contribution in [-0.2, 0) is 7.05 Å². The number of amides is 1. The molecular formula is C15H15ClN4OS. The van der Waals surface area contributed by atoms with Crippen LogP contribution in [0.5, 0.6) is 0 Å². The van der Waals surface area contributed by atoms with Crippen molar-refractivity contribution in [3.63, 3.8) is 0 Å². The first-order chi connectivity index (χ1) is 10.5. The quantitative estimate of drug-likeness (QED) is 0.846. The van der Waals surface area contributed by atoms with E-state index in [0.717, 1.165) is 24.1 Å². The average molecular weight is 335 g/mol. The smallest absolute Gasteiger partial charge is 0.265 e. The van der Waals surface area contributed by atoms with E-state index >= 15 is 0 Å². The fourth-order valence-electron chi connectivity index (χ4n) is 3.03. The molecule has 22 heavy (non-hydrogen) atoms. The minimum Gasteiger partial charge on any atom is -0.331 e. The fraction of sp³-hybridized carbons (Fsp3) is 0.400. The zero-order valence-electron chi connectivity index (χ0n) is 12.3. The summed E-state index contributed by atoms with van der Waals surface area (Å²) in [6.45, 7) is 2.59. The average Bonchev–Trinajstić information content (AvgIpc) is 3.19. The lowest BCUT2D eigenvalue weighted by Gasteiger charge is -2.24. The van der Waals surface area contributed by atoms with E-state index in [-0.39, 0.29) is 11.9 Å². The number of nitriles is 1. The number of hydrogen-bond acceptors (Lipinski definition) is 4. The molecule has 0 spiro atoms. The van der Waals surface area contributed by atoms with Gasteiger partial charge in [0.2, 0.25) is 0 Å². The number of halogens is 1. The Balaban J connectivity index is 1.97. The summed E-state index contributed by atoms with van der Waals surface area (Å²) in [7, 11) is 1.80. The Morgan fingerprint density at radius 3 is 3.00 bits per heavy atom. The Hall–Kier alpha value is -1.84. The second-order valence-electron chi connectivity index (χ2n) is 5.35. The number of nitrogens with zero attached hydrogens (tertiary/aromatic N) is 4. The van der Waals surface area contributed by atoms with Gasteiger partial charge < -0.3 is 4.90 Å². The molecule has 0 unspecified atom stereocenters. The van der Waals surface area contributed by atoms with Crippen LogP contribution in [0.1, 0.15) is 45.4 Å². The van der Waals surface area contributed by atoms with Gasteiger partial charge in [0.15, 0.2) is 0 Å². The molecule has 1 amide bonds. The van der Waals surface area contributed by atoms with Gasteiger partial charge in [-0.1, -0.05) is 11.6 Å². The number of rotatable bonds is 2. The molecule has 1 aliphatic heterocycles. The molecule has 0 bridgehead atoms. The molecule has 0 saturated carbocycles. The Labute approximate surface area is 137 Å². The molecule has 1 fully saturated rings. The number of likely N-dealkylation sites (tertiary alicyclic amines) is 1.